The summed E-state index contributed by atoms with van der Waals surface area (Å²) >= 11 is 0. The Morgan fingerprint density at radius 2 is 2.38 bits per heavy atom. The van der Waals surface area contributed by atoms with Crippen LogP contribution in [0.1, 0.15) is 19.8 Å². The lowest BCUT2D eigenvalue weighted by molar-refractivity contribution is 0.551. The van der Waals surface area contributed by atoms with Gasteiger partial charge in [-0.2, -0.15) is 0 Å². The van der Waals surface area contributed by atoms with E-state index in [4.69, 9.17) is 0 Å². The Bertz CT molecular complexity index is 109. The molecule has 0 aromatic heterocycles. The summed E-state index contributed by atoms with van der Waals surface area (Å²) in [5.74, 6) is 2.71. The lowest BCUT2D eigenvalue weighted by atomic mass is 10.4. The van der Waals surface area contributed by atoms with Crippen molar-refractivity contribution < 1.29 is 4.79 Å². The van der Waals surface area contributed by atoms with Gasteiger partial charge >= 0.3 is 6.41 Å². The molecule has 1 amide bonds. The third-order valence-electron chi connectivity index (χ3n) is 0.577. The monoisotopic (exact) mass is 110 g/mol. The van der Waals surface area contributed by atoms with Crippen molar-refractivity contribution in [3.05, 3.63) is 0 Å². The molecule has 0 atom stereocenters. The highest BCUT2D eigenvalue weighted by Crippen LogP contribution is 1.78. The van der Waals surface area contributed by atoms with E-state index in [-0.39, 0.29) is 0 Å². The number of nitrogens with one attached hydrogen (secondary N) is 1. The number of hydrogen-bond donors (Lipinski definition) is 1. The third-order valence-corrected chi connectivity index (χ3v) is 0.577. The number of hydrogen-bond acceptors (Lipinski definition) is 1. The minimum atomic E-state index is 0.828. The van der Waals surface area contributed by atoms with Crippen LogP contribution in [0.3, 0.4) is 0 Å². The van der Waals surface area contributed by atoms with Gasteiger partial charge in [-0.25, -0.2) is 0 Å². The Balaban J connectivity index is 3.07. The number of unbranched alkanes of at least 4 members (excludes halogenated alkanes) is 1. The van der Waals surface area contributed by atoms with Crippen molar-refractivity contribution in [1.29, 1.82) is 0 Å². The first kappa shape index (κ1) is 7.03. The first-order valence-corrected chi connectivity index (χ1v) is 2.51. The molecule has 0 aromatic carbocycles. The molecular formula is C6H8NO. The summed E-state index contributed by atoms with van der Waals surface area (Å²) in [5.41, 5.74) is 0. The summed E-state index contributed by atoms with van der Waals surface area (Å²) < 4.78 is 0. The predicted molar refractivity (Wildman–Crippen MR) is 31.5 cm³/mol. The van der Waals surface area contributed by atoms with E-state index in [0.717, 1.165) is 12.8 Å². The molecule has 0 fully saturated rings. The molecule has 0 rings (SSSR count). The van der Waals surface area contributed by atoms with Crippen LogP contribution in [0.4, 0.5) is 0 Å². The molecule has 0 aliphatic heterocycles. The van der Waals surface area contributed by atoms with Gasteiger partial charge in [-0.3, -0.25) is 10.1 Å². The second-order valence-electron chi connectivity index (χ2n) is 1.28. The van der Waals surface area contributed by atoms with E-state index in [1.165, 1.54) is 6.41 Å². The fourth-order valence-corrected chi connectivity index (χ4v) is 0.257. The van der Waals surface area contributed by atoms with Gasteiger partial charge < -0.3 is 0 Å². The smallest absolute Gasteiger partial charge is 0.277 e. The molecule has 0 saturated heterocycles. The van der Waals surface area contributed by atoms with E-state index in [0.29, 0.717) is 0 Å². The van der Waals surface area contributed by atoms with Gasteiger partial charge in [0.15, 0.2) is 0 Å². The summed E-state index contributed by atoms with van der Waals surface area (Å²) in [7, 11) is 0. The topological polar surface area (TPSA) is 29.1 Å². The third kappa shape index (κ3) is 5.03. The van der Waals surface area contributed by atoms with Gasteiger partial charge in [0.2, 0.25) is 0 Å². The van der Waals surface area contributed by atoms with Gasteiger partial charge in [0.25, 0.3) is 0 Å². The molecule has 0 heterocycles. The van der Waals surface area contributed by atoms with E-state index >= 15 is 0 Å². The molecule has 43 valence electrons. The van der Waals surface area contributed by atoms with Gasteiger partial charge in [0, 0.05) is 12.5 Å². The zero-order valence-electron chi connectivity index (χ0n) is 4.82. The summed E-state index contributed by atoms with van der Waals surface area (Å²) in [6.07, 6.45) is 3.30. The highest BCUT2D eigenvalue weighted by Gasteiger charge is 1.68. The summed E-state index contributed by atoms with van der Waals surface area (Å²) in [6.45, 7) is 2.03. The molecule has 1 N–H and O–H groups in total. The zero-order valence-corrected chi connectivity index (χ0v) is 4.82. The van der Waals surface area contributed by atoms with Gasteiger partial charge in [-0.1, -0.05) is 12.8 Å². The van der Waals surface area contributed by atoms with Gasteiger partial charge in [-0.05, 0) is 6.42 Å². The Morgan fingerprint density at radius 3 is 2.88 bits per heavy atom. The van der Waals surface area contributed by atoms with Crippen molar-refractivity contribution in [2.24, 2.45) is 0 Å². The van der Waals surface area contributed by atoms with E-state index < -0.39 is 0 Å². The first-order valence-electron chi connectivity index (χ1n) is 2.51. The number of amides is 1. The van der Waals surface area contributed by atoms with Crippen molar-refractivity contribution in [1.82, 2.24) is 5.32 Å². The largest absolute Gasteiger partial charge is 0.321 e. The van der Waals surface area contributed by atoms with Gasteiger partial charge in [0.05, 0.1) is 0 Å². The average Bonchev–Trinajstić information content (AvgIpc) is 1.81. The fourth-order valence-electron chi connectivity index (χ4n) is 0.257. The summed E-state index contributed by atoms with van der Waals surface area (Å²) in [4.78, 5) is 9.43. The molecular weight excluding hydrogens is 102 g/mol. The second kappa shape index (κ2) is 6.03. The van der Waals surface area contributed by atoms with Crippen molar-refractivity contribution in [2.45, 2.75) is 19.8 Å². The Morgan fingerprint density at radius 1 is 1.62 bits per heavy atom. The molecule has 0 unspecified atom stereocenters. The van der Waals surface area contributed by atoms with Crippen LogP contribution in [-0.2, 0) is 4.79 Å². The molecule has 0 aliphatic rings. The van der Waals surface area contributed by atoms with Crippen LogP contribution in [0.25, 0.3) is 0 Å². The zero-order chi connectivity index (χ0) is 6.24. The molecule has 0 aromatic rings. The lowest BCUT2D eigenvalue weighted by Crippen LogP contribution is -1.98. The summed E-state index contributed by atoms with van der Waals surface area (Å²) in [5, 5.41) is 2.12. The molecule has 0 bridgehead atoms. The lowest BCUT2D eigenvalue weighted by Gasteiger charge is -1.75. The standard InChI is InChI=1S/C6H8NO/c1-2-3-4-5-7-6-8/h2-3H2,1H3,(H,7,8). The van der Waals surface area contributed by atoms with Crippen LogP contribution >= 0.6 is 0 Å². The van der Waals surface area contributed by atoms with Crippen LogP contribution in [0.5, 0.6) is 0 Å². The van der Waals surface area contributed by atoms with E-state index in [9.17, 15) is 4.79 Å². The normalized spacial score (nSPS) is 6.62. The molecule has 0 aliphatic carbocycles. The minimum Gasteiger partial charge on any atom is -0.277 e. The van der Waals surface area contributed by atoms with Crippen molar-refractivity contribution in [3.8, 4) is 12.0 Å². The van der Waals surface area contributed by atoms with Crippen molar-refractivity contribution in [3.63, 3.8) is 0 Å². The Labute approximate surface area is 49.3 Å². The summed E-state index contributed by atoms with van der Waals surface area (Å²) in [6, 6.07) is 2.41. The van der Waals surface area contributed by atoms with Crippen LogP contribution in [-0.4, -0.2) is 6.41 Å². The molecule has 1 radical (unpaired) electrons. The highest BCUT2D eigenvalue weighted by molar-refractivity contribution is 5.50. The SMILES string of the molecule is CCCC#CN[C]=O. The van der Waals surface area contributed by atoms with Crippen LogP contribution in [0, 0.1) is 12.0 Å². The number of carbonyl (C=O) groups excluding carboxylic acids is 1. The maximum Gasteiger partial charge on any atom is 0.321 e. The maximum atomic E-state index is 9.43. The minimum absolute atomic E-state index is 0.828. The van der Waals surface area contributed by atoms with E-state index in [1.807, 2.05) is 6.92 Å². The average molecular weight is 110 g/mol. The second-order valence-corrected chi connectivity index (χ2v) is 1.28. The molecule has 0 saturated carbocycles. The Kier molecular flexibility index (Phi) is 5.30. The fraction of sp³-hybridized carbons (Fsp3) is 0.500. The van der Waals surface area contributed by atoms with Gasteiger partial charge in [-0.15, -0.1) is 0 Å². The Hall–Kier alpha value is -0.970. The molecule has 0 spiro atoms. The van der Waals surface area contributed by atoms with E-state index in [2.05, 4.69) is 17.3 Å². The highest BCUT2D eigenvalue weighted by atomic mass is 16.1. The molecule has 2 heteroatoms. The first-order chi connectivity index (χ1) is 3.91. The molecule has 2 nitrogen and oxygen atoms in total. The number of rotatable bonds is 2. The predicted octanol–water partition coefficient (Wildman–Crippen LogP) is 0.404. The van der Waals surface area contributed by atoms with Crippen LogP contribution < -0.4 is 5.32 Å². The van der Waals surface area contributed by atoms with E-state index in [1.54, 1.807) is 0 Å². The quantitative estimate of drug-likeness (QED) is 0.404. The maximum absolute atomic E-state index is 9.43. The van der Waals surface area contributed by atoms with Gasteiger partial charge in [0.1, 0.15) is 0 Å². The van der Waals surface area contributed by atoms with Crippen LogP contribution in [0.2, 0.25) is 0 Å². The van der Waals surface area contributed by atoms with Crippen molar-refractivity contribution in [2.75, 3.05) is 0 Å². The molecule has 8 heavy (non-hydrogen) atoms. The van der Waals surface area contributed by atoms with Crippen molar-refractivity contribution >= 4 is 6.41 Å². The van der Waals surface area contributed by atoms with Crippen LogP contribution in [0.15, 0.2) is 0 Å².